The summed E-state index contributed by atoms with van der Waals surface area (Å²) in [6.07, 6.45) is 13.2. The predicted octanol–water partition coefficient (Wildman–Crippen LogP) is 2.98. The van der Waals surface area contributed by atoms with Crippen LogP contribution in [0.4, 0.5) is 0 Å². The van der Waals surface area contributed by atoms with Gasteiger partial charge in [0.05, 0.1) is 6.10 Å². The highest BCUT2D eigenvalue weighted by Gasteiger charge is 2.37. The Hall–Kier alpha value is -0.120. The van der Waals surface area contributed by atoms with Crippen LogP contribution in [0.15, 0.2) is 0 Å². The largest absolute Gasteiger partial charge is 0.378 e. The summed E-state index contributed by atoms with van der Waals surface area (Å²) in [6.45, 7) is 3.87. The third kappa shape index (κ3) is 4.44. The molecule has 3 N–H and O–H groups in total. The maximum Gasteiger partial charge on any atom is 0.0593 e. The Morgan fingerprint density at radius 3 is 2.58 bits per heavy atom. The van der Waals surface area contributed by atoms with Crippen LogP contribution in [0.5, 0.6) is 0 Å². The summed E-state index contributed by atoms with van der Waals surface area (Å²) in [6, 6.07) is 0.687. The fourth-order valence-corrected chi connectivity index (χ4v) is 3.76. The van der Waals surface area contributed by atoms with E-state index in [-0.39, 0.29) is 5.54 Å². The van der Waals surface area contributed by atoms with Gasteiger partial charge in [0.2, 0.25) is 0 Å². The lowest BCUT2D eigenvalue weighted by molar-refractivity contribution is -0.0340. The first-order valence-electron chi connectivity index (χ1n) is 8.37. The smallest absolute Gasteiger partial charge is 0.0593 e. The van der Waals surface area contributed by atoms with Crippen molar-refractivity contribution in [2.24, 2.45) is 5.73 Å². The van der Waals surface area contributed by atoms with Crippen molar-refractivity contribution >= 4 is 0 Å². The van der Waals surface area contributed by atoms with E-state index >= 15 is 0 Å². The summed E-state index contributed by atoms with van der Waals surface area (Å²) in [5, 5.41) is 3.94. The zero-order chi connectivity index (χ0) is 13.6. The minimum atomic E-state index is 0.146. The van der Waals surface area contributed by atoms with Crippen molar-refractivity contribution in [3.05, 3.63) is 0 Å². The van der Waals surface area contributed by atoms with Gasteiger partial charge in [0, 0.05) is 24.7 Å². The lowest BCUT2D eigenvalue weighted by Crippen LogP contribution is -2.59. The molecule has 2 rings (SSSR count). The van der Waals surface area contributed by atoms with Crippen molar-refractivity contribution in [1.82, 2.24) is 5.32 Å². The summed E-state index contributed by atoms with van der Waals surface area (Å²) in [4.78, 5) is 0. The van der Waals surface area contributed by atoms with E-state index in [1.807, 2.05) is 0 Å². The van der Waals surface area contributed by atoms with Gasteiger partial charge in [-0.1, -0.05) is 39.0 Å². The summed E-state index contributed by atoms with van der Waals surface area (Å²) in [5.41, 5.74) is 6.28. The van der Waals surface area contributed by atoms with Gasteiger partial charge in [-0.2, -0.15) is 0 Å². The summed E-state index contributed by atoms with van der Waals surface area (Å²) >= 11 is 0. The number of hydrogen-bond donors (Lipinski definition) is 2. The van der Waals surface area contributed by atoms with E-state index in [9.17, 15) is 0 Å². The summed E-state index contributed by atoms with van der Waals surface area (Å²) in [5.74, 6) is 0. The molecule has 0 aromatic rings. The molecule has 0 aromatic carbocycles. The molecule has 2 aliphatic rings. The van der Waals surface area contributed by atoms with Gasteiger partial charge in [-0.3, -0.25) is 0 Å². The maximum absolute atomic E-state index is 6.13. The first-order valence-corrected chi connectivity index (χ1v) is 8.37. The monoisotopic (exact) mass is 268 g/mol. The van der Waals surface area contributed by atoms with E-state index in [4.69, 9.17) is 10.5 Å². The van der Waals surface area contributed by atoms with E-state index in [0.29, 0.717) is 12.1 Å². The van der Waals surface area contributed by atoms with Crippen molar-refractivity contribution in [1.29, 1.82) is 0 Å². The second-order valence-electron chi connectivity index (χ2n) is 6.55. The molecule has 0 amide bonds. The van der Waals surface area contributed by atoms with Gasteiger partial charge in [-0.15, -0.1) is 0 Å². The molecular weight excluding hydrogens is 236 g/mol. The average molecular weight is 268 g/mol. The Balaban J connectivity index is 1.92. The first kappa shape index (κ1) is 15.3. The standard InChI is InChI=1S/C16H32N2O/c1-2-7-15-12-16(13-17,10-11-19-15)18-14-8-5-3-4-6-9-14/h14-15,18H,2-13,17H2,1H3. The normalized spacial score (nSPS) is 34.1. The molecule has 0 bridgehead atoms. The molecule has 0 aromatic heterocycles. The SMILES string of the molecule is CCCC1CC(CN)(NC2CCCCCC2)CCO1. The second-order valence-corrected chi connectivity index (χ2v) is 6.55. The van der Waals surface area contributed by atoms with Gasteiger partial charge in [0.1, 0.15) is 0 Å². The molecule has 1 aliphatic heterocycles. The molecule has 1 saturated carbocycles. The van der Waals surface area contributed by atoms with Crippen LogP contribution in [0.2, 0.25) is 0 Å². The van der Waals surface area contributed by atoms with E-state index < -0.39 is 0 Å². The van der Waals surface area contributed by atoms with Crippen molar-refractivity contribution in [2.45, 2.75) is 88.8 Å². The minimum absolute atomic E-state index is 0.146. The lowest BCUT2D eigenvalue weighted by Gasteiger charge is -2.43. The van der Waals surface area contributed by atoms with Gasteiger partial charge in [0.25, 0.3) is 0 Å². The predicted molar refractivity (Wildman–Crippen MR) is 80.3 cm³/mol. The number of nitrogens with two attached hydrogens (primary N) is 1. The third-order valence-electron chi connectivity index (χ3n) is 4.92. The fourth-order valence-electron chi connectivity index (χ4n) is 3.76. The van der Waals surface area contributed by atoms with E-state index in [2.05, 4.69) is 12.2 Å². The Labute approximate surface area is 118 Å². The highest BCUT2D eigenvalue weighted by Crippen LogP contribution is 2.29. The number of ether oxygens (including phenoxy) is 1. The molecule has 0 spiro atoms. The second kappa shape index (κ2) is 7.61. The first-order chi connectivity index (χ1) is 9.28. The topological polar surface area (TPSA) is 47.3 Å². The molecule has 3 nitrogen and oxygen atoms in total. The fraction of sp³-hybridized carbons (Fsp3) is 1.00. The molecule has 1 saturated heterocycles. The highest BCUT2D eigenvalue weighted by atomic mass is 16.5. The van der Waals surface area contributed by atoms with Crippen LogP contribution in [-0.2, 0) is 4.74 Å². The third-order valence-corrected chi connectivity index (χ3v) is 4.92. The van der Waals surface area contributed by atoms with Crippen LogP contribution in [-0.4, -0.2) is 30.8 Å². The van der Waals surface area contributed by atoms with Gasteiger partial charge < -0.3 is 15.8 Å². The molecule has 1 heterocycles. The average Bonchev–Trinajstić information content (AvgIpc) is 2.68. The summed E-state index contributed by atoms with van der Waals surface area (Å²) in [7, 11) is 0. The molecule has 3 heteroatoms. The quantitative estimate of drug-likeness (QED) is 0.754. The zero-order valence-corrected chi connectivity index (χ0v) is 12.6. The molecule has 112 valence electrons. The van der Waals surface area contributed by atoms with E-state index in [1.54, 1.807) is 0 Å². The molecular formula is C16H32N2O. The van der Waals surface area contributed by atoms with Crippen LogP contribution in [0.1, 0.15) is 71.1 Å². The molecule has 1 aliphatic carbocycles. The van der Waals surface area contributed by atoms with Crippen molar-refractivity contribution in [3.8, 4) is 0 Å². The Bertz CT molecular complexity index is 249. The van der Waals surface area contributed by atoms with Crippen LogP contribution in [0, 0.1) is 0 Å². The minimum Gasteiger partial charge on any atom is -0.378 e. The number of hydrogen-bond acceptors (Lipinski definition) is 3. The Morgan fingerprint density at radius 1 is 1.21 bits per heavy atom. The molecule has 2 atom stereocenters. The van der Waals surface area contributed by atoms with Crippen molar-refractivity contribution in [3.63, 3.8) is 0 Å². The Kier molecular flexibility index (Phi) is 6.11. The lowest BCUT2D eigenvalue weighted by atomic mass is 9.84. The van der Waals surface area contributed by atoms with Gasteiger partial charge in [-0.05, 0) is 32.1 Å². The van der Waals surface area contributed by atoms with Crippen LogP contribution < -0.4 is 11.1 Å². The van der Waals surface area contributed by atoms with Crippen molar-refractivity contribution < 1.29 is 4.74 Å². The molecule has 2 unspecified atom stereocenters. The molecule has 19 heavy (non-hydrogen) atoms. The maximum atomic E-state index is 6.13. The summed E-state index contributed by atoms with van der Waals surface area (Å²) < 4.78 is 5.89. The van der Waals surface area contributed by atoms with Crippen molar-refractivity contribution in [2.75, 3.05) is 13.2 Å². The van der Waals surface area contributed by atoms with Gasteiger partial charge >= 0.3 is 0 Å². The molecule has 2 fully saturated rings. The molecule has 0 radical (unpaired) electrons. The van der Waals surface area contributed by atoms with E-state index in [1.165, 1.54) is 51.4 Å². The van der Waals surface area contributed by atoms with Gasteiger partial charge in [0.15, 0.2) is 0 Å². The number of rotatable bonds is 5. The van der Waals surface area contributed by atoms with Crippen LogP contribution >= 0.6 is 0 Å². The van der Waals surface area contributed by atoms with Crippen LogP contribution in [0.3, 0.4) is 0 Å². The Morgan fingerprint density at radius 2 is 1.95 bits per heavy atom. The van der Waals surface area contributed by atoms with E-state index in [0.717, 1.165) is 26.0 Å². The van der Waals surface area contributed by atoms with Gasteiger partial charge in [-0.25, -0.2) is 0 Å². The highest BCUT2D eigenvalue weighted by molar-refractivity contribution is 4.96. The zero-order valence-electron chi connectivity index (χ0n) is 12.6. The van der Waals surface area contributed by atoms with Crippen LogP contribution in [0.25, 0.3) is 0 Å². The number of nitrogens with one attached hydrogen (secondary N) is 1.